The van der Waals surface area contributed by atoms with Crippen molar-refractivity contribution in [3.63, 3.8) is 0 Å². The molecule has 0 saturated carbocycles. The van der Waals surface area contributed by atoms with Crippen molar-refractivity contribution in [3.8, 4) is 0 Å². The van der Waals surface area contributed by atoms with E-state index in [-0.39, 0.29) is 4.87 Å². The second kappa shape index (κ2) is 4.91. The van der Waals surface area contributed by atoms with E-state index in [1.54, 1.807) is 0 Å². The standard InChI is InChI=1S/C16H21ClN/c1-16(17)11-9-15(10-12-16)18(2,3)13-14-7-5-4-6-8-14/h4-11H,12-13H2,1-3H3/q+1. The Morgan fingerprint density at radius 2 is 1.89 bits per heavy atom. The number of halogens is 1. The fourth-order valence-electron chi connectivity index (χ4n) is 2.28. The summed E-state index contributed by atoms with van der Waals surface area (Å²) in [7, 11) is 4.47. The summed E-state index contributed by atoms with van der Waals surface area (Å²) in [6.07, 6.45) is 7.43. The van der Waals surface area contributed by atoms with Crippen LogP contribution >= 0.6 is 11.6 Å². The highest BCUT2D eigenvalue weighted by molar-refractivity contribution is 6.25. The van der Waals surface area contributed by atoms with E-state index in [9.17, 15) is 0 Å². The first-order valence-corrected chi connectivity index (χ1v) is 6.73. The van der Waals surface area contributed by atoms with Crippen LogP contribution in [0.15, 0.2) is 54.3 Å². The third-order valence-electron chi connectivity index (χ3n) is 3.43. The molecule has 0 fully saturated rings. The summed E-state index contributed by atoms with van der Waals surface area (Å²) in [5.41, 5.74) is 2.69. The van der Waals surface area contributed by atoms with Gasteiger partial charge in [0.15, 0.2) is 0 Å². The number of likely N-dealkylation sites (N-methyl/N-ethyl adjacent to an activating group) is 1. The van der Waals surface area contributed by atoms with Gasteiger partial charge in [-0.05, 0) is 25.5 Å². The van der Waals surface area contributed by atoms with Gasteiger partial charge in [-0.1, -0.05) is 36.4 Å². The highest BCUT2D eigenvalue weighted by atomic mass is 35.5. The van der Waals surface area contributed by atoms with Crippen LogP contribution in [0, 0.1) is 0 Å². The Kier molecular flexibility index (Phi) is 3.65. The van der Waals surface area contributed by atoms with Crippen LogP contribution in [-0.2, 0) is 6.54 Å². The molecule has 18 heavy (non-hydrogen) atoms. The third-order valence-corrected chi connectivity index (χ3v) is 3.71. The largest absolute Gasteiger partial charge is 0.293 e. The zero-order valence-corrected chi connectivity index (χ0v) is 12.1. The molecule has 0 heterocycles. The fraction of sp³-hybridized carbons (Fsp3) is 0.375. The van der Waals surface area contributed by atoms with Gasteiger partial charge in [0.25, 0.3) is 0 Å². The Balaban J connectivity index is 2.13. The van der Waals surface area contributed by atoms with Crippen molar-refractivity contribution in [2.75, 3.05) is 14.1 Å². The van der Waals surface area contributed by atoms with Gasteiger partial charge >= 0.3 is 0 Å². The van der Waals surface area contributed by atoms with E-state index in [4.69, 9.17) is 11.6 Å². The van der Waals surface area contributed by atoms with E-state index < -0.39 is 0 Å². The molecule has 1 unspecified atom stereocenters. The van der Waals surface area contributed by atoms with Crippen LogP contribution < -0.4 is 0 Å². The molecule has 1 aliphatic rings. The number of nitrogens with zero attached hydrogens (tertiary/aromatic N) is 1. The zero-order valence-electron chi connectivity index (χ0n) is 11.4. The van der Waals surface area contributed by atoms with E-state index in [0.29, 0.717) is 0 Å². The summed E-state index contributed by atoms with van der Waals surface area (Å²) in [5.74, 6) is 0. The van der Waals surface area contributed by atoms with Crippen molar-refractivity contribution in [2.45, 2.75) is 24.8 Å². The van der Waals surface area contributed by atoms with Gasteiger partial charge in [-0.15, -0.1) is 11.6 Å². The average Bonchev–Trinajstić information content (AvgIpc) is 2.29. The first-order valence-electron chi connectivity index (χ1n) is 6.35. The molecule has 1 aromatic rings. The van der Waals surface area contributed by atoms with Crippen LogP contribution in [0.4, 0.5) is 0 Å². The lowest BCUT2D eigenvalue weighted by Gasteiger charge is -2.33. The molecule has 0 bridgehead atoms. The molecule has 2 rings (SSSR count). The predicted octanol–water partition coefficient (Wildman–Crippen LogP) is 4.10. The second-order valence-corrected chi connectivity index (χ2v) is 6.64. The van der Waals surface area contributed by atoms with Gasteiger partial charge in [0.2, 0.25) is 0 Å². The second-order valence-electron chi connectivity index (χ2n) is 5.77. The van der Waals surface area contributed by atoms with E-state index in [2.05, 4.69) is 69.6 Å². The quantitative estimate of drug-likeness (QED) is 0.568. The molecule has 0 amide bonds. The Morgan fingerprint density at radius 1 is 1.22 bits per heavy atom. The number of hydrogen-bond acceptors (Lipinski definition) is 0. The zero-order chi connectivity index (χ0) is 13.2. The molecule has 0 saturated heterocycles. The lowest BCUT2D eigenvalue weighted by molar-refractivity contribution is -0.863. The minimum absolute atomic E-state index is 0.212. The minimum Gasteiger partial charge on any atom is -0.293 e. The highest BCUT2D eigenvalue weighted by Gasteiger charge is 2.27. The third kappa shape index (κ3) is 3.24. The molecule has 0 N–H and O–H groups in total. The summed E-state index contributed by atoms with van der Waals surface area (Å²) in [6.45, 7) is 3.05. The smallest absolute Gasteiger partial charge is 0.128 e. The molecule has 0 radical (unpaired) electrons. The fourth-order valence-corrected chi connectivity index (χ4v) is 2.42. The molecule has 1 nitrogen and oxygen atoms in total. The summed E-state index contributed by atoms with van der Waals surface area (Å²) in [5, 5.41) is 0. The van der Waals surface area contributed by atoms with Crippen LogP contribution in [0.25, 0.3) is 0 Å². The first kappa shape index (κ1) is 13.4. The van der Waals surface area contributed by atoms with Gasteiger partial charge in [-0.25, -0.2) is 0 Å². The van der Waals surface area contributed by atoms with Gasteiger partial charge in [-0.3, -0.25) is 4.48 Å². The lowest BCUT2D eigenvalue weighted by atomic mass is 9.99. The molecule has 0 aromatic heterocycles. The molecule has 2 heteroatoms. The highest BCUT2D eigenvalue weighted by Crippen LogP contribution is 2.30. The lowest BCUT2D eigenvalue weighted by Crippen LogP contribution is -2.38. The number of hydrogen-bond donors (Lipinski definition) is 0. The van der Waals surface area contributed by atoms with Crippen LogP contribution in [0.1, 0.15) is 18.9 Å². The maximum atomic E-state index is 6.31. The van der Waals surface area contributed by atoms with E-state index >= 15 is 0 Å². The van der Waals surface area contributed by atoms with Gasteiger partial charge in [0.05, 0.1) is 19.0 Å². The Hall–Kier alpha value is -1.05. The van der Waals surface area contributed by atoms with Crippen molar-refractivity contribution < 1.29 is 4.48 Å². The number of allylic oxidation sites excluding steroid dienone is 3. The van der Waals surface area contributed by atoms with Crippen molar-refractivity contribution >= 4 is 11.6 Å². The normalized spacial score (nSPS) is 23.9. The summed E-state index contributed by atoms with van der Waals surface area (Å²) < 4.78 is 0.855. The van der Waals surface area contributed by atoms with Gasteiger partial charge in [0.1, 0.15) is 12.2 Å². The van der Waals surface area contributed by atoms with Crippen molar-refractivity contribution in [1.29, 1.82) is 0 Å². The Morgan fingerprint density at radius 3 is 2.44 bits per heavy atom. The SMILES string of the molecule is CC1(Cl)C=CC([N+](C)(C)Cc2ccccc2)=CC1. The van der Waals surface area contributed by atoms with Gasteiger partial charge in [-0.2, -0.15) is 0 Å². The van der Waals surface area contributed by atoms with Crippen molar-refractivity contribution in [1.82, 2.24) is 0 Å². The molecule has 0 aliphatic heterocycles. The predicted molar refractivity (Wildman–Crippen MR) is 78.4 cm³/mol. The number of quaternary nitrogens is 1. The van der Waals surface area contributed by atoms with Crippen LogP contribution in [-0.4, -0.2) is 23.5 Å². The molecule has 0 spiro atoms. The molecule has 1 aromatic carbocycles. The number of rotatable bonds is 3. The maximum absolute atomic E-state index is 6.31. The molecule has 1 atom stereocenters. The Bertz CT molecular complexity index is 469. The van der Waals surface area contributed by atoms with Crippen molar-refractivity contribution in [2.24, 2.45) is 0 Å². The Labute approximate surface area is 115 Å². The van der Waals surface area contributed by atoms with Crippen LogP contribution in [0.3, 0.4) is 0 Å². The number of alkyl halides is 1. The van der Waals surface area contributed by atoms with Crippen LogP contribution in [0.2, 0.25) is 0 Å². The summed E-state index contributed by atoms with van der Waals surface area (Å²) in [6, 6.07) is 10.6. The topological polar surface area (TPSA) is 0 Å². The minimum atomic E-state index is -0.212. The molecule has 96 valence electrons. The van der Waals surface area contributed by atoms with Gasteiger partial charge in [0, 0.05) is 5.56 Å². The van der Waals surface area contributed by atoms with Gasteiger partial charge < -0.3 is 0 Å². The molecule has 1 aliphatic carbocycles. The van der Waals surface area contributed by atoms with E-state index in [0.717, 1.165) is 17.4 Å². The summed E-state index contributed by atoms with van der Waals surface area (Å²) in [4.78, 5) is -0.212. The monoisotopic (exact) mass is 262 g/mol. The number of benzene rings is 1. The average molecular weight is 263 g/mol. The molecular formula is C16H21ClN+. The van der Waals surface area contributed by atoms with Crippen LogP contribution in [0.5, 0.6) is 0 Å². The maximum Gasteiger partial charge on any atom is 0.128 e. The summed E-state index contributed by atoms with van der Waals surface area (Å²) >= 11 is 6.31. The van der Waals surface area contributed by atoms with Crippen molar-refractivity contribution in [3.05, 3.63) is 59.8 Å². The molecular weight excluding hydrogens is 242 g/mol. The van der Waals surface area contributed by atoms with E-state index in [1.165, 1.54) is 11.3 Å². The first-order chi connectivity index (χ1) is 8.39. The van der Waals surface area contributed by atoms with E-state index in [1.807, 2.05) is 0 Å².